The van der Waals surface area contributed by atoms with E-state index in [4.69, 9.17) is 15.0 Å². The minimum absolute atomic E-state index is 0.0321. The average molecular weight is 924 g/mol. The van der Waals surface area contributed by atoms with Gasteiger partial charge in [0.15, 0.2) is 17.5 Å². The third-order valence-electron chi connectivity index (χ3n) is 17.2. The van der Waals surface area contributed by atoms with Crippen LogP contribution in [-0.2, 0) is 16.2 Å². The molecule has 1 aromatic heterocycles. The van der Waals surface area contributed by atoms with E-state index in [2.05, 4.69) is 170 Å². The molecule has 0 bridgehead atoms. The zero-order valence-electron chi connectivity index (χ0n) is 43.6. The van der Waals surface area contributed by atoms with Gasteiger partial charge in [0.2, 0.25) is 0 Å². The summed E-state index contributed by atoms with van der Waals surface area (Å²) in [6.45, 7) is 16.3. The molecule has 10 rings (SSSR count). The summed E-state index contributed by atoms with van der Waals surface area (Å²) in [7, 11) is 0. The highest BCUT2D eigenvalue weighted by Crippen LogP contribution is 2.58. The zero-order valence-corrected chi connectivity index (χ0v) is 43.6. The Morgan fingerprint density at radius 3 is 0.900 bits per heavy atom. The second kappa shape index (κ2) is 20.2. The number of fused-ring (bicyclic) bond motifs is 9. The van der Waals surface area contributed by atoms with Crippen LogP contribution in [-0.4, -0.2) is 15.0 Å². The normalized spacial score (nSPS) is 15.0. The Balaban J connectivity index is 1.19. The summed E-state index contributed by atoms with van der Waals surface area (Å²) in [6.07, 6.45) is 21.1. The van der Waals surface area contributed by atoms with Gasteiger partial charge in [-0.15, -0.1) is 0 Å². The molecule has 0 unspecified atom stereocenters. The van der Waals surface area contributed by atoms with Crippen LogP contribution in [0.15, 0.2) is 121 Å². The van der Waals surface area contributed by atoms with Crippen molar-refractivity contribution in [2.75, 3.05) is 0 Å². The maximum atomic E-state index is 5.60. The van der Waals surface area contributed by atoms with Crippen LogP contribution in [0.1, 0.15) is 196 Å². The molecule has 0 radical (unpaired) electrons. The maximum Gasteiger partial charge on any atom is 0.164 e. The van der Waals surface area contributed by atoms with Gasteiger partial charge in [0, 0.05) is 32.9 Å². The summed E-state index contributed by atoms with van der Waals surface area (Å²) >= 11 is 0. The number of benzene rings is 6. The van der Waals surface area contributed by atoms with Gasteiger partial charge < -0.3 is 0 Å². The van der Waals surface area contributed by atoms with Crippen molar-refractivity contribution in [3.8, 4) is 67.5 Å². The van der Waals surface area contributed by atoms with Crippen molar-refractivity contribution in [2.24, 2.45) is 0 Å². The first kappa shape index (κ1) is 48.0. The standard InChI is InChI=1S/C67H77N3/c1-8-14-36-65(37-15-9-2)56-26-22-20-24-50(56)53-33-29-47(43-59(53)65)62-68-63(48-30-34-54-51-25-21-23-27-57(51)66(38-16-10-3,39-17-11-4)60(54)44-48)70-64(69-62)49-31-35-55-52-32-28-46(7)42-58(52)67(40-18-12-5,41-19-13-6)61(55)45-49/h20-35,42-45H,8-19,36-41H2,1-7H3. The average Bonchev–Trinajstić information content (AvgIpc) is 3.95. The number of hydrogen-bond acceptors (Lipinski definition) is 3. The van der Waals surface area contributed by atoms with Crippen LogP contribution in [0.5, 0.6) is 0 Å². The fourth-order valence-corrected chi connectivity index (χ4v) is 13.6. The van der Waals surface area contributed by atoms with Crippen molar-refractivity contribution in [1.82, 2.24) is 15.0 Å². The van der Waals surface area contributed by atoms with Crippen molar-refractivity contribution in [3.05, 3.63) is 160 Å². The molecule has 360 valence electrons. The van der Waals surface area contributed by atoms with Gasteiger partial charge in [-0.3, -0.25) is 0 Å². The molecule has 70 heavy (non-hydrogen) atoms. The molecule has 3 heteroatoms. The number of unbranched alkanes of at least 4 members (excludes halogenated alkanes) is 6. The number of rotatable bonds is 21. The number of nitrogens with zero attached hydrogens (tertiary/aromatic N) is 3. The fourth-order valence-electron chi connectivity index (χ4n) is 13.6. The lowest BCUT2D eigenvalue weighted by atomic mass is 9.70. The molecule has 0 spiro atoms. The van der Waals surface area contributed by atoms with Gasteiger partial charge >= 0.3 is 0 Å². The van der Waals surface area contributed by atoms with Gasteiger partial charge in [-0.2, -0.15) is 0 Å². The summed E-state index contributed by atoms with van der Waals surface area (Å²) in [5.41, 5.74) is 21.6. The fraction of sp³-hybridized carbons (Fsp3) is 0.418. The minimum atomic E-state index is -0.0397. The second-order valence-electron chi connectivity index (χ2n) is 21.6. The monoisotopic (exact) mass is 924 g/mol. The summed E-state index contributed by atoms with van der Waals surface area (Å²) in [6, 6.07) is 47.3. The summed E-state index contributed by atoms with van der Waals surface area (Å²) in [5, 5.41) is 0. The van der Waals surface area contributed by atoms with Crippen LogP contribution in [0.25, 0.3) is 67.5 Å². The lowest BCUT2D eigenvalue weighted by molar-refractivity contribution is 0.414. The van der Waals surface area contributed by atoms with E-state index < -0.39 is 0 Å². The van der Waals surface area contributed by atoms with Crippen molar-refractivity contribution in [3.63, 3.8) is 0 Å². The Morgan fingerprint density at radius 1 is 0.300 bits per heavy atom. The molecule has 0 saturated heterocycles. The Labute approximate surface area is 421 Å². The zero-order chi connectivity index (χ0) is 48.5. The molecule has 0 aliphatic heterocycles. The molecule has 0 N–H and O–H groups in total. The van der Waals surface area contributed by atoms with Gasteiger partial charge in [0.25, 0.3) is 0 Å². The highest BCUT2D eigenvalue weighted by molar-refractivity contribution is 5.87. The predicted molar refractivity (Wildman–Crippen MR) is 297 cm³/mol. The van der Waals surface area contributed by atoms with Gasteiger partial charge in [-0.1, -0.05) is 227 Å². The Morgan fingerprint density at radius 2 is 0.571 bits per heavy atom. The van der Waals surface area contributed by atoms with Gasteiger partial charge in [-0.05, 0) is 130 Å². The van der Waals surface area contributed by atoms with Crippen LogP contribution in [0, 0.1) is 6.92 Å². The first-order chi connectivity index (χ1) is 34.3. The molecule has 3 aliphatic carbocycles. The minimum Gasteiger partial charge on any atom is -0.208 e. The quantitative estimate of drug-likeness (QED) is 0.0721. The molecule has 0 amide bonds. The third-order valence-corrected chi connectivity index (χ3v) is 17.2. The van der Waals surface area contributed by atoms with Crippen LogP contribution in [0.4, 0.5) is 0 Å². The lowest BCUT2D eigenvalue weighted by Gasteiger charge is -2.33. The predicted octanol–water partition coefficient (Wildman–Crippen LogP) is 19.1. The van der Waals surface area contributed by atoms with E-state index in [1.54, 1.807) is 0 Å². The van der Waals surface area contributed by atoms with E-state index in [0.29, 0.717) is 0 Å². The van der Waals surface area contributed by atoms with Gasteiger partial charge in [0.05, 0.1) is 0 Å². The third kappa shape index (κ3) is 8.08. The van der Waals surface area contributed by atoms with E-state index in [1.807, 2.05) is 0 Å². The molecule has 0 atom stereocenters. The first-order valence-electron chi connectivity index (χ1n) is 27.8. The molecular formula is C67H77N3. The molecular weight excluding hydrogens is 847 g/mol. The smallest absolute Gasteiger partial charge is 0.164 e. The molecule has 0 saturated carbocycles. The highest BCUT2D eigenvalue weighted by Gasteiger charge is 2.45. The second-order valence-corrected chi connectivity index (χ2v) is 21.6. The van der Waals surface area contributed by atoms with Crippen LogP contribution in [0.2, 0.25) is 0 Å². The number of hydrogen-bond donors (Lipinski definition) is 0. The Bertz CT molecular complexity index is 2850. The van der Waals surface area contributed by atoms with Crippen molar-refractivity contribution in [2.45, 2.75) is 180 Å². The highest BCUT2D eigenvalue weighted by atomic mass is 15.0. The Kier molecular flexibility index (Phi) is 13.9. The summed E-state index contributed by atoms with van der Waals surface area (Å²) in [5.74, 6) is 2.27. The van der Waals surface area contributed by atoms with E-state index >= 15 is 0 Å². The van der Waals surface area contributed by atoms with Crippen molar-refractivity contribution in [1.29, 1.82) is 0 Å². The maximum absolute atomic E-state index is 5.60. The van der Waals surface area contributed by atoms with E-state index in [-0.39, 0.29) is 16.2 Å². The summed E-state index contributed by atoms with van der Waals surface area (Å²) < 4.78 is 0. The van der Waals surface area contributed by atoms with E-state index in [1.165, 1.54) is 149 Å². The van der Waals surface area contributed by atoms with Crippen LogP contribution >= 0.6 is 0 Å². The van der Waals surface area contributed by atoms with Crippen LogP contribution < -0.4 is 0 Å². The van der Waals surface area contributed by atoms with E-state index in [0.717, 1.165) is 72.7 Å². The molecule has 3 aliphatic rings. The number of aromatic nitrogens is 3. The molecule has 7 aromatic rings. The molecule has 0 fully saturated rings. The largest absolute Gasteiger partial charge is 0.208 e. The lowest BCUT2D eigenvalue weighted by Crippen LogP contribution is -2.25. The van der Waals surface area contributed by atoms with Crippen molar-refractivity contribution >= 4 is 0 Å². The van der Waals surface area contributed by atoms with Gasteiger partial charge in [0.1, 0.15) is 0 Å². The Hall–Kier alpha value is -5.67. The summed E-state index contributed by atoms with van der Waals surface area (Å²) in [4.78, 5) is 16.8. The van der Waals surface area contributed by atoms with Gasteiger partial charge in [-0.25, -0.2) is 15.0 Å². The molecule has 6 aromatic carbocycles. The molecule has 1 heterocycles. The van der Waals surface area contributed by atoms with Crippen molar-refractivity contribution < 1.29 is 0 Å². The number of aryl methyl sites for hydroxylation is 1. The van der Waals surface area contributed by atoms with Crippen LogP contribution in [0.3, 0.4) is 0 Å². The first-order valence-corrected chi connectivity index (χ1v) is 27.8. The topological polar surface area (TPSA) is 38.7 Å². The molecule has 3 nitrogen and oxygen atoms in total. The SMILES string of the molecule is CCCCC1(CCCC)c2ccccc2-c2ccc(-c3nc(-c4ccc5c(c4)C(CCCC)(CCCC)c4ccccc4-5)nc(-c4ccc5c(c4)C(CCCC)(CCCC)c4cc(C)ccc4-5)n3)cc21. The van der Waals surface area contributed by atoms with E-state index in [9.17, 15) is 0 Å².